The summed E-state index contributed by atoms with van der Waals surface area (Å²) >= 11 is 2.08. The van der Waals surface area contributed by atoms with Crippen LogP contribution in [0.1, 0.15) is 33.6 Å². The van der Waals surface area contributed by atoms with E-state index in [9.17, 15) is 24.0 Å². The maximum atomic E-state index is 14.1. The second-order valence-corrected chi connectivity index (χ2v) is 12.6. The highest BCUT2D eigenvalue weighted by molar-refractivity contribution is 8.00. The van der Waals surface area contributed by atoms with Gasteiger partial charge in [0.05, 0.1) is 43.0 Å². The molecule has 46 heavy (non-hydrogen) atoms. The van der Waals surface area contributed by atoms with Crippen molar-refractivity contribution in [2.75, 3.05) is 31.0 Å². The molecule has 11 nitrogen and oxygen atoms in total. The standard InChI is InChI=1S/C33H29N3O8S2/c1-4-44-32(40)18-10-13-20(14-11-18)34-24(37)17-35-31-28(46-33(35)41)25(19-12-15-22(42-2)23(16-19)43-3)26-27(45-31)30(39)36(29(26)38)21-8-6-5-7-9-21/h5-16,25-27H,4,17H2,1-3H3,(H,34,37)/t25-,26?,27?/m1/s1. The highest BCUT2D eigenvalue weighted by Gasteiger charge is 2.57. The smallest absolute Gasteiger partial charge is 0.338 e. The fourth-order valence-corrected chi connectivity index (χ4v) is 8.51. The summed E-state index contributed by atoms with van der Waals surface area (Å²) in [7, 11) is 3.03. The second kappa shape index (κ2) is 12.9. The maximum Gasteiger partial charge on any atom is 0.338 e. The molecule has 1 N–H and O–H groups in total. The van der Waals surface area contributed by atoms with Gasteiger partial charge in [-0.25, -0.2) is 9.69 Å². The fraction of sp³-hybridized carbons (Fsp3) is 0.242. The number of carbonyl (C=O) groups excluding carboxylic acids is 4. The molecule has 6 rings (SSSR count). The zero-order valence-electron chi connectivity index (χ0n) is 25.1. The number of amides is 3. The van der Waals surface area contributed by atoms with E-state index in [1.807, 2.05) is 0 Å². The van der Waals surface area contributed by atoms with Crippen molar-refractivity contribution in [3.8, 4) is 11.5 Å². The molecule has 0 aliphatic carbocycles. The number of rotatable bonds is 9. The number of ether oxygens (including phenoxy) is 3. The Hall–Kier alpha value is -4.88. The molecular weight excluding hydrogens is 631 g/mol. The number of benzene rings is 3. The van der Waals surface area contributed by atoms with Gasteiger partial charge >= 0.3 is 10.8 Å². The summed E-state index contributed by atoms with van der Waals surface area (Å²) < 4.78 is 17.3. The Balaban J connectivity index is 1.36. The van der Waals surface area contributed by atoms with Crippen LogP contribution in [-0.2, 0) is 25.7 Å². The van der Waals surface area contributed by atoms with Crippen molar-refractivity contribution in [1.82, 2.24) is 4.57 Å². The van der Waals surface area contributed by atoms with E-state index in [0.29, 0.717) is 43.9 Å². The van der Waals surface area contributed by atoms with Crippen LogP contribution in [0.5, 0.6) is 11.5 Å². The summed E-state index contributed by atoms with van der Waals surface area (Å²) in [5, 5.41) is 2.38. The van der Waals surface area contributed by atoms with Crippen LogP contribution in [0.25, 0.3) is 0 Å². The number of anilines is 2. The zero-order valence-corrected chi connectivity index (χ0v) is 26.7. The van der Waals surface area contributed by atoms with Crippen molar-refractivity contribution in [1.29, 1.82) is 0 Å². The van der Waals surface area contributed by atoms with E-state index in [1.54, 1.807) is 67.6 Å². The Labute approximate surface area is 272 Å². The SMILES string of the molecule is CCOC(=O)c1ccc(NC(=O)Cn2c3c(sc2=O)[C@H](c2ccc(OC)c(OC)c2)C2C(=O)N(c4ccccc4)C(=O)C2S3)cc1. The molecule has 3 atom stereocenters. The summed E-state index contributed by atoms with van der Waals surface area (Å²) in [5.74, 6) is -2.24. The lowest BCUT2D eigenvalue weighted by atomic mass is 9.83. The van der Waals surface area contributed by atoms with Crippen LogP contribution in [0.2, 0.25) is 0 Å². The quantitative estimate of drug-likeness (QED) is 0.203. The van der Waals surface area contributed by atoms with Gasteiger partial charge in [-0.2, -0.15) is 0 Å². The van der Waals surface area contributed by atoms with E-state index in [2.05, 4.69) is 5.32 Å². The molecule has 3 amide bonds. The van der Waals surface area contributed by atoms with Gasteiger partial charge in [0.25, 0.3) is 0 Å². The summed E-state index contributed by atoms with van der Waals surface area (Å²) in [6.07, 6.45) is 0. The first-order valence-corrected chi connectivity index (χ1v) is 16.1. The lowest BCUT2D eigenvalue weighted by molar-refractivity contribution is -0.122. The van der Waals surface area contributed by atoms with Crippen molar-refractivity contribution in [3.63, 3.8) is 0 Å². The maximum absolute atomic E-state index is 14.1. The first kappa shape index (κ1) is 31.1. The van der Waals surface area contributed by atoms with Crippen molar-refractivity contribution in [3.05, 3.63) is 98.5 Å². The molecule has 0 spiro atoms. The highest BCUT2D eigenvalue weighted by Crippen LogP contribution is 2.54. The molecule has 2 aliphatic heterocycles. The van der Waals surface area contributed by atoms with E-state index in [1.165, 1.54) is 35.8 Å². The van der Waals surface area contributed by atoms with Gasteiger partial charge in [0, 0.05) is 16.5 Å². The Morgan fingerprint density at radius 3 is 2.28 bits per heavy atom. The van der Waals surface area contributed by atoms with E-state index in [4.69, 9.17) is 14.2 Å². The molecular formula is C33H29N3O8S2. The second-order valence-electron chi connectivity index (χ2n) is 10.5. The Kier molecular flexibility index (Phi) is 8.69. The number of thiazole rings is 1. The minimum atomic E-state index is -0.836. The van der Waals surface area contributed by atoms with E-state index in [-0.39, 0.29) is 19.1 Å². The number of carbonyl (C=O) groups is 4. The van der Waals surface area contributed by atoms with Crippen molar-refractivity contribution in [2.45, 2.75) is 29.7 Å². The molecule has 1 aromatic heterocycles. The average Bonchev–Trinajstić information content (AvgIpc) is 3.51. The molecule has 13 heteroatoms. The molecule has 1 saturated heterocycles. The monoisotopic (exact) mass is 659 g/mol. The van der Waals surface area contributed by atoms with Crippen LogP contribution in [0.4, 0.5) is 11.4 Å². The normalized spacial score (nSPS) is 18.5. The Morgan fingerprint density at radius 1 is 0.891 bits per heavy atom. The topological polar surface area (TPSA) is 133 Å². The summed E-state index contributed by atoms with van der Waals surface area (Å²) in [4.78, 5) is 68.0. The molecule has 4 aromatic rings. The number of para-hydroxylation sites is 1. The van der Waals surface area contributed by atoms with E-state index in [0.717, 1.165) is 23.1 Å². The van der Waals surface area contributed by atoms with Gasteiger partial charge in [-0.3, -0.25) is 23.7 Å². The van der Waals surface area contributed by atoms with Crippen molar-refractivity contribution >= 4 is 58.2 Å². The molecule has 1 fully saturated rings. The number of esters is 1. The predicted molar refractivity (Wildman–Crippen MR) is 173 cm³/mol. The molecule has 3 aromatic carbocycles. The molecule has 2 unspecified atom stereocenters. The lowest BCUT2D eigenvalue weighted by Crippen LogP contribution is -2.33. The molecule has 0 bridgehead atoms. The number of hydrogen-bond donors (Lipinski definition) is 1. The molecule has 0 saturated carbocycles. The van der Waals surface area contributed by atoms with Crippen molar-refractivity contribution < 1.29 is 33.4 Å². The van der Waals surface area contributed by atoms with Crippen LogP contribution in [0.3, 0.4) is 0 Å². The number of methoxy groups -OCH3 is 2. The number of nitrogens with one attached hydrogen (secondary N) is 1. The molecule has 236 valence electrons. The third-order valence-electron chi connectivity index (χ3n) is 7.81. The van der Waals surface area contributed by atoms with Gasteiger partial charge in [-0.05, 0) is 61.0 Å². The van der Waals surface area contributed by atoms with Gasteiger partial charge < -0.3 is 19.5 Å². The van der Waals surface area contributed by atoms with Gasteiger partial charge in [0.15, 0.2) is 11.5 Å². The summed E-state index contributed by atoms with van der Waals surface area (Å²) in [5.41, 5.74) is 1.91. The number of fused-ring (bicyclic) bond motifs is 2. The minimum Gasteiger partial charge on any atom is -0.493 e. The number of imide groups is 1. The fourth-order valence-electron chi connectivity index (χ4n) is 5.74. The van der Waals surface area contributed by atoms with Crippen molar-refractivity contribution in [2.24, 2.45) is 5.92 Å². The predicted octanol–water partition coefficient (Wildman–Crippen LogP) is 4.54. The number of thioether (sulfide) groups is 1. The third-order valence-corrected chi connectivity index (χ3v) is 10.4. The first-order chi connectivity index (χ1) is 22.2. The van der Waals surface area contributed by atoms with Crippen LogP contribution in [0.15, 0.2) is 82.6 Å². The third kappa shape index (κ3) is 5.56. The van der Waals surface area contributed by atoms with E-state index >= 15 is 0 Å². The molecule has 0 radical (unpaired) electrons. The Bertz CT molecular complexity index is 1890. The number of hydrogen-bond acceptors (Lipinski definition) is 10. The van der Waals surface area contributed by atoms with Crippen LogP contribution < -0.4 is 24.6 Å². The summed E-state index contributed by atoms with van der Waals surface area (Å²) in [6, 6.07) is 20.2. The minimum absolute atomic E-state index is 0.244. The average molecular weight is 660 g/mol. The van der Waals surface area contributed by atoms with E-state index < -0.39 is 39.7 Å². The van der Waals surface area contributed by atoms with Crippen LogP contribution >= 0.6 is 23.1 Å². The number of aromatic nitrogens is 1. The summed E-state index contributed by atoms with van der Waals surface area (Å²) in [6.45, 7) is 1.64. The zero-order chi connectivity index (χ0) is 32.5. The lowest BCUT2D eigenvalue weighted by Gasteiger charge is -2.31. The molecule has 3 heterocycles. The highest BCUT2D eigenvalue weighted by atomic mass is 32.2. The first-order valence-electron chi connectivity index (χ1n) is 14.4. The molecule has 2 aliphatic rings. The largest absolute Gasteiger partial charge is 0.493 e. The van der Waals surface area contributed by atoms with Gasteiger partial charge in [0.1, 0.15) is 11.8 Å². The van der Waals surface area contributed by atoms with Crippen LogP contribution in [-0.4, -0.2) is 54.3 Å². The van der Waals surface area contributed by atoms with Gasteiger partial charge in [-0.15, -0.1) is 0 Å². The van der Waals surface area contributed by atoms with Gasteiger partial charge in [0.2, 0.25) is 17.7 Å². The van der Waals surface area contributed by atoms with Gasteiger partial charge in [-0.1, -0.05) is 47.4 Å². The number of nitrogens with zero attached hydrogens (tertiary/aromatic N) is 2. The van der Waals surface area contributed by atoms with Crippen LogP contribution in [0, 0.1) is 5.92 Å². The Morgan fingerprint density at radius 2 is 1.61 bits per heavy atom.